The summed E-state index contributed by atoms with van der Waals surface area (Å²) < 4.78 is 0. The molecule has 0 bridgehead atoms. The number of rotatable bonds is 0. The van der Waals surface area contributed by atoms with Crippen molar-refractivity contribution in [2.24, 2.45) is 39.9 Å². The third-order valence-corrected chi connectivity index (χ3v) is 5.33. The summed E-state index contributed by atoms with van der Waals surface area (Å²) in [5.41, 5.74) is 1.31. The van der Waals surface area contributed by atoms with E-state index in [1.54, 1.807) is 0 Å². The van der Waals surface area contributed by atoms with Crippen LogP contribution in [0.2, 0.25) is 0 Å². The summed E-state index contributed by atoms with van der Waals surface area (Å²) in [6, 6.07) is 0. The Morgan fingerprint density at radius 1 is 0.833 bits per heavy atom. The van der Waals surface area contributed by atoms with E-state index in [0.29, 0.717) is 16.2 Å². The summed E-state index contributed by atoms with van der Waals surface area (Å²) in [6.45, 7) is 24.6. The Hall–Kier alpha value is 0. The molecule has 108 valence electrons. The second-order valence-electron chi connectivity index (χ2n) is 9.76. The first kappa shape index (κ1) is 16.1. The van der Waals surface area contributed by atoms with E-state index in [-0.39, 0.29) is 0 Å². The minimum atomic E-state index is 0.409. The zero-order chi connectivity index (χ0) is 14.5. The van der Waals surface area contributed by atoms with E-state index in [2.05, 4.69) is 69.2 Å². The maximum Gasteiger partial charge on any atom is -0.0285 e. The van der Waals surface area contributed by atoms with Gasteiger partial charge in [0.25, 0.3) is 0 Å². The molecule has 4 unspecified atom stereocenters. The Balaban J connectivity index is 3.18. The Bertz CT molecular complexity index is 284. The van der Waals surface area contributed by atoms with Crippen LogP contribution in [0.25, 0.3) is 0 Å². The molecule has 0 N–H and O–H groups in total. The van der Waals surface area contributed by atoms with Gasteiger partial charge in [-0.15, -0.1) is 0 Å². The zero-order valence-electron chi connectivity index (χ0n) is 14.5. The molecule has 1 fully saturated rings. The van der Waals surface area contributed by atoms with Gasteiger partial charge in [-0.25, -0.2) is 0 Å². The molecule has 0 spiro atoms. The molecule has 0 heterocycles. The lowest BCUT2D eigenvalue weighted by molar-refractivity contribution is -0.0930. The molecule has 1 saturated carbocycles. The summed E-state index contributed by atoms with van der Waals surface area (Å²) in [7, 11) is 0. The predicted molar refractivity (Wildman–Crippen MR) is 82.6 cm³/mol. The maximum atomic E-state index is 2.52. The van der Waals surface area contributed by atoms with Crippen LogP contribution in [0, 0.1) is 39.9 Å². The van der Waals surface area contributed by atoms with Crippen molar-refractivity contribution in [3.8, 4) is 0 Å². The van der Waals surface area contributed by atoms with Gasteiger partial charge >= 0.3 is 0 Å². The van der Waals surface area contributed by atoms with Gasteiger partial charge in [0.15, 0.2) is 0 Å². The van der Waals surface area contributed by atoms with Gasteiger partial charge in [0.05, 0.1) is 0 Å². The first-order valence-corrected chi connectivity index (χ1v) is 7.78. The van der Waals surface area contributed by atoms with Gasteiger partial charge in [-0.1, -0.05) is 69.2 Å². The van der Waals surface area contributed by atoms with Gasteiger partial charge in [0.2, 0.25) is 0 Å². The molecule has 0 heteroatoms. The minimum absolute atomic E-state index is 0.409. The summed E-state index contributed by atoms with van der Waals surface area (Å²) in [5.74, 6) is 3.30. The maximum absolute atomic E-state index is 2.52. The van der Waals surface area contributed by atoms with Crippen LogP contribution in [-0.2, 0) is 0 Å². The molecule has 0 aliphatic heterocycles. The van der Waals surface area contributed by atoms with Gasteiger partial charge in [-0.2, -0.15) is 0 Å². The fraction of sp³-hybridized carbons (Fsp3) is 1.00. The van der Waals surface area contributed by atoms with Gasteiger partial charge in [-0.05, 0) is 46.3 Å². The average Bonchev–Trinajstić information content (AvgIpc) is 1.91. The molecule has 18 heavy (non-hydrogen) atoms. The van der Waals surface area contributed by atoms with E-state index < -0.39 is 0 Å². The predicted octanol–water partition coefficient (Wildman–Crippen LogP) is 6.01. The van der Waals surface area contributed by atoms with E-state index in [0.717, 1.165) is 23.7 Å². The lowest BCUT2D eigenvalue weighted by Crippen LogP contribution is -2.51. The van der Waals surface area contributed by atoms with E-state index in [1.165, 1.54) is 6.42 Å². The van der Waals surface area contributed by atoms with Crippen LogP contribution in [0.15, 0.2) is 0 Å². The summed E-state index contributed by atoms with van der Waals surface area (Å²) in [4.78, 5) is 0. The standard InChI is InChI=1S/C18H36/c1-12-11-18(9,10)15(17(6,7)8)13(2)14(12)16(3,4)5/h12-15H,11H2,1-10H3. The van der Waals surface area contributed by atoms with Crippen molar-refractivity contribution in [3.05, 3.63) is 0 Å². The molecule has 1 aliphatic rings. The summed E-state index contributed by atoms with van der Waals surface area (Å²) in [5, 5.41) is 0. The molecule has 0 aromatic heterocycles. The first-order valence-electron chi connectivity index (χ1n) is 7.78. The molecule has 0 saturated heterocycles. The Labute approximate surface area is 116 Å². The lowest BCUT2D eigenvalue weighted by atomic mass is 9.47. The SMILES string of the molecule is CC1CC(C)(C)C(C(C)(C)C)C(C)C1C(C)(C)C. The van der Waals surface area contributed by atoms with Crippen LogP contribution in [-0.4, -0.2) is 0 Å². The van der Waals surface area contributed by atoms with Crippen molar-refractivity contribution < 1.29 is 0 Å². The van der Waals surface area contributed by atoms with Crippen molar-refractivity contribution >= 4 is 0 Å². The third kappa shape index (κ3) is 2.94. The smallest absolute Gasteiger partial charge is 0.0285 e. The van der Waals surface area contributed by atoms with Gasteiger partial charge in [0, 0.05) is 0 Å². The molecule has 0 aromatic carbocycles. The van der Waals surface area contributed by atoms with E-state index in [1.807, 2.05) is 0 Å². The average molecular weight is 252 g/mol. The Morgan fingerprint density at radius 3 is 1.61 bits per heavy atom. The second-order valence-corrected chi connectivity index (χ2v) is 9.76. The Morgan fingerprint density at radius 2 is 1.28 bits per heavy atom. The highest BCUT2D eigenvalue weighted by Crippen LogP contribution is 2.59. The highest BCUT2D eigenvalue weighted by Gasteiger charge is 2.52. The van der Waals surface area contributed by atoms with Crippen molar-refractivity contribution in [2.45, 2.75) is 75.7 Å². The molecule has 0 aromatic rings. The highest BCUT2D eigenvalue weighted by atomic mass is 14.6. The third-order valence-electron chi connectivity index (χ3n) is 5.33. The van der Waals surface area contributed by atoms with Crippen molar-refractivity contribution in [2.75, 3.05) is 0 Å². The van der Waals surface area contributed by atoms with Crippen molar-refractivity contribution in [3.63, 3.8) is 0 Å². The van der Waals surface area contributed by atoms with Crippen molar-refractivity contribution in [1.29, 1.82) is 0 Å². The largest absolute Gasteiger partial charge is 0.0622 e. The van der Waals surface area contributed by atoms with Gasteiger partial charge in [-0.3, -0.25) is 0 Å². The van der Waals surface area contributed by atoms with Gasteiger partial charge in [0.1, 0.15) is 0 Å². The Kier molecular flexibility index (Phi) is 4.04. The molecule has 0 nitrogen and oxygen atoms in total. The van der Waals surface area contributed by atoms with E-state index >= 15 is 0 Å². The molecular weight excluding hydrogens is 216 g/mol. The summed E-state index contributed by atoms with van der Waals surface area (Å²) >= 11 is 0. The fourth-order valence-electron chi connectivity index (χ4n) is 6.12. The second kappa shape index (κ2) is 4.53. The minimum Gasteiger partial charge on any atom is -0.0622 e. The van der Waals surface area contributed by atoms with E-state index in [4.69, 9.17) is 0 Å². The quantitative estimate of drug-likeness (QED) is 0.495. The molecule has 1 aliphatic carbocycles. The van der Waals surface area contributed by atoms with E-state index in [9.17, 15) is 0 Å². The fourth-order valence-corrected chi connectivity index (χ4v) is 6.12. The molecule has 0 amide bonds. The molecular formula is C18H36. The first-order chi connectivity index (χ1) is 7.78. The lowest BCUT2D eigenvalue weighted by Gasteiger charge is -2.58. The number of hydrogen-bond donors (Lipinski definition) is 0. The van der Waals surface area contributed by atoms with Crippen LogP contribution < -0.4 is 0 Å². The van der Waals surface area contributed by atoms with Crippen LogP contribution >= 0.6 is 0 Å². The molecule has 1 rings (SSSR count). The number of hydrogen-bond acceptors (Lipinski definition) is 0. The van der Waals surface area contributed by atoms with Crippen LogP contribution in [0.3, 0.4) is 0 Å². The zero-order valence-corrected chi connectivity index (χ0v) is 14.5. The highest BCUT2D eigenvalue weighted by molar-refractivity contribution is 5.00. The topological polar surface area (TPSA) is 0 Å². The van der Waals surface area contributed by atoms with Gasteiger partial charge < -0.3 is 0 Å². The van der Waals surface area contributed by atoms with Crippen LogP contribution in [0.4, 0.5) is 0 Å². The van der Waals surface area contributed by atoms with Crippen LogP contribution in [0.1, 0.15) is 75.7 Å². The summed E-state index contributed by atoms with van der Waals surface area (Å²) in [6.07, 6.45) is 1.38. The molecule has 0 radical (unpaired) electrons. The monoisotopic (exact) mass is 252 g/mol. The van der Waals surface area contributed by atoms with Crippen molar-refractivity contribution in [1.82, 2.24) is 0 Å². The molecule has 4 atom stereocenters. The van der Waals surface area contributed by atoms with Crippen LogP contribution in [0.5, 0.6) is 0 Å². The normalized spacial score (nSPS) is 37.7.